The lowest BCUT2D eigenvalue weighted by Gasteiger charge is -2.17. The number of para-hydroxylation sites is 1. The Morgan fingerprint density at radius 3 is 2.75 bits per heavy atom. The van der Waals surface area contributed by atoms with Crippen LogP contribution in [0.5, 0.6) is 5.75 Å². The topological polar surface area (TPSA) is 21.3 Å². The summed E-state index contributed by atoms with van der Waals surface area (Å²) in [5.74, 6) is 3.30. The molecule has 0 aliphatic carbocycles. The number of hydrogen-bond donors (Lipinski definition) is 1. The Kier molecular flexibility index (Phi) is 6.34. The van der Waals surface area contributed by atoms with E-state index in [2.05, 4.69) is 24.4 Å². The lowest BCUT2D eigenvalue weighted by molar-refractivity contribution is 0.407. The maximum absolute atomic E-state index is 5.36. The lowest BCUT2D eigenvalue weighted by atomic mass is 10.1. The van der Waals surface area contributed by atoms with Gasteiger partial charge in [0.15, 0.2) is 0 Å². The van der Waals surface area contributed by atoms with Crippen LogP contribution in [0.2, 0.25) is 0 Å². The summed E-state index contributed by atoms with van der Waals surface area (Å²) in [6, 6.07) is 8.75. The number of thioether (sulfide) groups is 1. The molecule has 0 aliphatic rings. The van der Waals surface area contributed by atoms with Crippen molar-refractivity contribution in [3.63, 3.8) is 0 Å². The van der Waals surface area contributed by atoms with Gasteiger partial charge in [-0.3, -0.25) is 0 Å². The van der Waals surface area contributed by atoms with Crippen molar-refractivity contribution in [2.24, 2.45) is 0 Å². The average molecular weight is 239 g/mol. The van der Waals surface area contributed by atoms with Crippen LogP contribution in [0.25, 0.3) is 0 Å². The number of ether oxygens (including phenoxy) is 1. The SMILES string of the molecule is CCSCC(Cc1ccccc1OC)NC. The van der Waals surface area contributed by atoms with E-state index in [1.54, 1.807) is 7.11 Å². The van der Waals surface area contributed by atoms with E-state index in [9.17, 15) is 0 Å². The van der Waals surface area contributed by atoms with E-state index in [0.717, 1.165) is 17.9 Å². The molecule has 0 aromatic heterocycles. The van der Waals surface area contributed by atoms with Crippen molar-refractivity contribution < 1.29 is 4.74 Å². The molecule has 1 aromatic rings. The molecular weight excluding hydrogens is 218 g/mol. The highest BCUT2D eigenvalue weighted by Crippen LogP contribution is 2.19. The van der Waals surface area contributed by atoms with Gasteiger partial charge in [0.25, 0.3) is 0 Å². The monoisotopic (exact) mass is 239 g/mol. The van der Waals surface area contributed by atoms with Gasteiger partial charge in [0.05, 0.1) is 7.11 Å². The Hall–Kier alpha value is -0.670. The third-order valence-corrected chi connectivity index (χ3v) is 3.64. The van der Waals surface area contributed by atoms with Gasteiger partial charge >= 0.3 is 0 Å². The van der Waals surface area contributed by atoms with Crippen LogP contribution in [-0.4, -0.2) is 31.7 Å². The van der Waals surface area contributed by atoms with Crippen LogP contribution >= 0.6 is 11.8 Å². The van der Waals surface area contributed by atoms with E-state index >= 15 is 0 Å². The summed E-state index contributed by atoms with van der Waals surface area (Å²) in [4.78, 5) is 0. The summed E-state index contributed by atoms with van der Waals surface area (Å²) in [5.41, 5.74) is 1.28. The molecule has 0 bridgehead atoms. The Morgan fingerprint density at radius 2 is 2.12 bits per heavy atom. The van der Waals surface area contributed by atoms with E-state index in [4.69, 9.17) is 4.74 Å². The van der Waals surface area contributed by atoms with Gasteiger partial charge in [-0.15, -0.1) is 0 Å². The zero-order valence-electron chi connectivity index (χ0n) is 10.3. The fourth-order valence-electron chi connectivity index (χ4n) is 1.64. The Labute approximate surface area is 103 Å². The molecule has 0 saturated carbocycles. The molecule has 0 radical (unpaired) electrons. The van der Waals surface area contributed by atoms with Crippen molar-refractivity contribution >= 4 is 11.8 Å². The third kappa shape index (κ3) is 4.06. The molecule has 0 spiro atoms. The Morgan fingerprint density at radius 1 is 1.38 bits per heavy atom. The van der Waals surface area contributed by atoms with Crippen LogP contribution in [0.3, 0.4) is 0 Å². The molecule has 1 unspecified atom stereocenters. The minimum atomic E-state index is 0.515. The largest absolute Gasteiger partial charge is 0.496 e. The quantitative estimate of drug-likeness (QED) is 0.790. The Bertz CT molecular complexity index is 304. The van der Waals surface area contributed by atoms with Crippen LogP contribution in [-0.2, 0) is 6.42 Å². The normalized spacial score (nSPS) is 12.4. The number of benzene rings is 1. The predicted octanol–water partition coefficient (Wildman–Crippen LogP) is 2.58. The summed E-state index contributed by atoms with van der Waals surface area (Å²) in [6.45, 7) is 2.19. The van der Waals surface area contributed by atoms with Crippen LogP contribution < -0.4 is 10.1 Å². The first kappa shape index (κ1) is 13.4. The molecule has 0 aliphatic heterocycles. The standard InChI is InChI=1S/C13H21NOS/c1-4-16-10-12(14-2)9-11-7-5-6-8-13(11)15-3/h5-8,12,14H,4,9-10H2,1-3H3. The molecule has 16 heavy (non-hydrogen) atoms. The number of rotatable bonds is 7. The maximum Gasteiger partial charge on any atom is 0.122 e. The number of likely N-dealkylation sites (N-methyl/N-ethyl adjacent to an activating group) is 1. The van der Waals surface area contributed by atoms with Crippen molar-refractivity contribution in [2.45, 2.75) is 19.4 Å². The van der Waals surface area contributed by atoms with Crippen LogP contribution in [0.15, 0.2) is 24.3 Å². The summed E-state index contributed by atoms with van der Waals surface area (Å²) in [7, 11) is 3.75. The van der Waals surface area contributed by atoms with E-state index in [1.807, 2.05) is 30.9 Å². The number of nitrogens with one attached hydrogen (secondary N) is 1. The molecule has 0 fully saturated rings. The first-order valence-electron chi connectivity index (χ1n) is 5.68. The summed E-state index contributed by atoms with van der Waals surface area (Å²) in [5, 5.41) is 3.36. The molecule has 90 valence electrons. The van der Waals surface area contributed by atoms with Gasteiger partial charge in [-0.25, -0.2) is 0 Å². The first-order valence-corrected chi connectivity index (χ1v) is 6.84. The second-order valence-corrected chi connectivity index (χ2v) is 4.98. The molecule has 1 N–H and O–H groups in total. The van der Waals surface area contributed by atoms with E-state index in [0.29, 0.717) is 6.04 Å². The van der Waals surface area contributed by atoms with Gasteiger partial charge in [0, 0.05) is 11.8 Å². The number of methoxy groups -OCH3 is 1. The molecule has 1 rings (SSSR count). The van der Waals surface area contributed by atoms with Gasteiger partial charge in [-0.05, 0) is 30.9 Å². The van der Waals surface area contributed by atoms with Crippen molar-refractivity contribution in [1.29, 1.82) is 0 Å². The summed E-state index contributed by atoms with van der Waals surface area (Å²) < 4.78 is 5.36. The fourth-order valence-corrected chi connectivity index (χ4v) is 2.45. The zero-order chi connectivity index (χ0) is 11.8. The maximum atomic E-state index is 5.36. The van der Waals surface area contributed by atoms with Crippen molar-refractivity contribution in [3.8, 4) is 5.75 Å². The molecule has 1 aromatic carbocycles. The average Bonchev–Trinajstić information content (AvgIpc) is 2.34. The smallest absolute Gasteiger partial charge is 0.122 e. The van der Waals surface area contributed by atoms with Crippen molar-refractivity contribution in [2.75, 3.05) is 25.7 Å². The minimum absolute atomic E-state index is 0.515. The summed E-state index contributed by atoms with van der Waals surface area (Å²) >= 11 is 1.97. The Balaban J connectivity index is 2.62. The van der Waals surface area contributed by atoms with Crippen LogP contribution in [0, 0.1) is 0 Å². The molecule has 0 saturated heterocycles. The van der Waals surface area contributed by atoms with E-state index in [-0.39, 0.29) is 0 Å². The second-order valence-electron chi connectivity index (χ2n) is 3.66. The van der Waals surface area contributed by atoms with Crippen molar-refractivity contribution in [3.05, 3.63) is 29.8 Å². The van der Waals surface area contributed by atoms with Crippen LogP contribution in [0.4, 0.5) is 0 Å². The molecule has 1 atom stereocenters. The minimum Gasteiger partial charge on any atom is -0.496 e. The van der Waals surface area contributed by atoms with E-state index in [1.165, 1.54) is 11.3 Å². The second kappa shape index (κ2) is 7.58. The molecule has 0 heterocycles. The van der Waals surface area contributed by atoms with Gasteiger partial charge in [0.1, 0.15) is 5.75 Å². The highest BCUT2D eigenvalue weighted by Gasteiger charge is 2.10. The third-order valence-electron chi connectivity index (χ3n) is 2.59. The van der Waals surface area contributed by atoms with Gasteiger partial charge < -0.3 is 10.1 Å². The van der Waals surface area contributed by atoms with Gasteiger partial charge in [-0.1, -0.05) is 25.1 Å². The molecule has 3 heteroatoms. The molecule has 0 amide bonds. The predicted molar refractivity (Wildman–Crippen MR) is 72.5 cm³/mol. The fraction of sp³-hybridized carbons (Fsp3) is 0.538. The van der Waals surface area contributed by atoms with Crippen LogP contribution in [0.1, 0.15) is 12.5 Å². The molecular formula is C13H21NOS. The van der Waals surface area contributed by atoms with Gasteiger partial charge in [0.2, 0.25) is 0 Å². The van der Waals surface area contributed by atoms with Gasteiger partial charge in [-0.2, -0.15) is 11.8 Å². The highest BCUT2D eigenvalue weighted by molar-refractivity contribution is 7.99. The summed E-state index contributed by atoms with van der Waals surface area (Å²) in [6.07, 6.45) is 1.02. The first-order chi connectivity index (χ1) is 7.81. The highest BCUT2D eigenvalue weighted by atomic mass is 32.2. The lowest BCUT2D eigenvalue weighted by Crippen LogP contribution is -2.30. The van der Waals surface area contributed by atoms with Crippen molar-refractivity contribution in [1.82, 2.24) is 5.32 Å². The molecule has 2 nitrogen and oxygen atoms in total. The van der Waals surface area contributed by atoms with E-state index < -0.39 is 0 Å². The zero-order valence-corrected chi connectivity index (χ0v) is 11.1. The number of hydrogen-bond acceptors (Lipinski definition) is 3.